The lowest BCUT2D eigenvalue weighted by Gasteiger charge is -2.28. The van der Waals surface area contributed by atoms with Crippen LogP contribution in [-0.4, -0.2) is 28.5 Å². The summed E-state index contributed by atoms with van der Waals surface area (Å²) in [6, 6.07) is 7.37. The van der Waals surface area contributed by atoms with Gasteiger partial charge in [0, 0.05) is 9.75 Å². The molecule has 1 unspecified atom stereocenters. The van der Waals surface area contributed by atoms with Gasteiger partial charge in [0.1, 0.15) is 11.6 Å². The summed E-state index contributed by atoms with van der Waals surface area (Å²) in [7, 11) is 0. The van der Waals surface area contributed by atoms with Gasteiger partial charge in [0.25, 0.3) is 0 Å². The smallest absolute Gasteiger partial charge is 0.408 e. The number of hydrogen-bond donors (Lipinski definition) is 1. The van der Waals surface area contributed by atoms with Gasteiger partial charge in [-0.25, -0.2) is 4.79 Å². The minimum Gasteiger partial charge on any atom is -0.444 e. The highest BCUT2D eigenvalue weighted by molar-refractivity contribution is 7.10. The highest BCUT2D eigenvalue weighted by atomic mass is 32.1. The van der Waals surface area contributed by atoms with Crippen molar-refractivity contribution in [3.05, 3.63) is 51.7 Å². The zero-order valence-corrected chi connectivity index (χ0v) is 18.4. The molecule has 0 aliphatic carbocycles. The normalized spacial score (nSPS) is 12.4. The number of nitrogens with zero attached hydrogens (tertiary/aromatic N) is 1. The van der Waals surface area contributed by atoms with Crippen LogP contribution in [0.25, 0.3) is 0 Å². The fourth-order valence-electron chi connectivity index (χ4n) is 2.67. The van der Waals surface area contributed by atoms with E-state index < -0.39 is 17.7 Å². The average molecular weight is 422 g/mol. The Morgan fingerprint density at radius 1 is 1.14 bits per heavy atom. The maximum atomic E-state index is 13.3. The van der Waals surface area contributed by atoms with Crippen LogP contribution in [-0.2, 0) is 22.6 Å². The molecule has 2 aromatic rings. The molecule has 1 N–H and O–H groups in total. The number of carbonyl (C=O) groups is 2. The Labute approximate surface area is 175 Å². The maximum absolute atomic E-state index is 13.3. The molecule has 0 saturated heterocycles. The van der Waals surface area contributed by atoms with Crippen LogP contribution in [0.4, 0.5) is 4.79 Å². The van der Waals surface area contributed by atoms with Gasteiger partial charge in [-0.2, -0.15) is 0 Å². The van der Waals surface area contributed by atoms with Gasteiger partial charge in [0.2, 0.25) is 5.91 Å². The van der Waals surface area contributed by atoms with E-state index >= 15 is 0 Å². The standard InChI is InChI=1S/C21H29N2O3S2/c1-5-6-11-18(22-20(25)26-21(2,3)4)19(24)23(14-16-9-7-12-27-16)15-17-10-8-13-28-17/h7-10,12-13,18H,1,5-6,11,14-15H2,2-4H3,(H,22,25). The molecule has 1 atom stereocenters. The van der Waals surface area contributed by atoms with Gasteiger partial charge in [-0.05, 0) is 50.1 Å². The van der Waals surface area contributed by atoms with E-state index in [1.54, 1.807) is 43.4 Å². The molecule has 2 heterocycles. The van der Waals surface area contributed by atoms with Crippen molar-refractivity contribution in [1.82, 2.24) is 10.2 Å². The molecule has 5 nitrogen and oxygen atoms in total. The van der Waals surface area contributed by atoms with E-state index in [2.05, 4.69) is 12.2 Å². The zero-order chi connectivity index (χ0) is 20.6. The molecule has 0 spiro atoms. The van der Waals surface area contributed by atoms with Gasteiger partial charge in [0.05, 0.1) is 13.1 Å². The summed E-state index contributed by atoms with van der Waals surface area (Å²) in [5.74, 6) is -0.0962. The van der Waals surface area contributed by atoms with Crippen LogP contribution in [0.2, 0.25) is 0 Å². The van der Waals surface area contributed by atoms with Crippen LogP contribution in [0.1, 0.15) is 49.8 Å². The number of nitrogens with one attached hydrogen (secondary N) is 1. The van der Waals surface area contributed by atoms with E-state index in [4.69, 9.17) is 4.74 Å². The van der Waals surface area contributed by atoms with Crippen molar-refractivity contribution in [2.75, 3.05) is 0 Å². The molecule has 153 valence electrons. The summed E-state index contributed by atoms with van der Waals surface area (Å²) in [6.45, 7) is 10.3. The maximum Gasteiger partial charge on any atom is 0.408 e. The summed E-state index contributed by atoms with van der Waals surface area (Å²) in [4.78, 5) is 29.7. The first-order valence-corrected chi connectivity index (χ1v) is 11.2. The number of rotatable bonds is 9. The second-order valence-electron chi connectivity index (χ2n) is 7.55. The summed E-state index contributed by atoms with van der Waals surface area (Å²) in [5.41, 5.74) is -0.613. The van der Waals surface area contributed by atoms with Gasteiger partial charge < -0.3 is 15.0 Å². The lowest BCUT2D eigenvalue weighted by atomic mass is 10.1. The summed E-state index contributed by atoms with van der Waals surface area (Å²) in [6.07, 6.45) is 1.42. The molecule has 1 radical (unpaired) electrons. The molecule has 7 heteroatoms. The topological polar surface area (TPSA) is 58.6 Å². The third-order valence-electron chi connectivity index (χ3n) is 3.90. The largest absolute Gasteiger partial charge is 0.444 e. The van der Waals surface area contributed by atoms with Crippen molar-refractivity contribution in [3.63, 3.8) is 0 Å². The summed E-state index contributed by atoms with van der Waals surface area (Å²) >= 11 is 3.24. The molecule has 0 aromatic carbocycles. The second kappa shape index (κ2) is 10.6. The van der Waals surface area contributed by atoms with Gasteiger partial charge in [-0.15, -0.1) is 22.7 Å². The molecule has 0 fully saturated rings. The Bertz CT molecular complexity index is 685. The zero-order valence-electron chi connectivity index (χ0n) is 16.8. The van der Waals surface area contributed by atoms with Crippen molar-refractivity contribution < 1.29 is 14.3 Å². The van der Waals surface area contributed by atoms with Gasteiger partial charge in [0.15, 0.2) is 0 Å². The number of thiophene rings is 2. The molecule has 2 rings (SSSR count). The Hall–Kier alpha value is -1.86. The van der Waals surface area contributed by atoms with Crippen LogP contribution in [0.5, 0.6) is 0 Å². The first kappa shape index (κ1) is 22.4. The lowest BCUT2D eigenvalue weighted by Crippen LogP contribution is -2.49. The van der Waals surface area contributed by atoms with E-state index in [1.165, 1.54) is 0 Å². The van der Waals surface area contributed by atoms with Gasteiger partial charge in [-0.3, -0.25) is 4.79 Å². The molecule has 0 aliphatic rings. The average Bonchev–Trinajstić information content (AvgIpc) is 3.29. The molecule has 0 bridgehead atoms. The highest BCUT2D eigenvalue weighted by Crippen LogP contribution is 2.19. The third-order valence-corrected chi connectivity index (χ3v) is 5.62. The molecule has 2 aromatic heterocycles. The fourth-order valence-corrected chi connectivity index (χ4v) is 4.11. The minimum absolute atomic E-state index is 0.0962. The van der Waals surface area contributed by atoms with Crippen molar-refractivity contribution in [3.8, 4) is 0 Å². The molecular weight excluding hydrogens is 392 g/mol. The van der Waals surface area contributed by atoms with E-state index in [1.807, 2.05) is 39.9 Å². The molecule has 0 saturated carbocycles. The van der Waals surface area contributed by atoms with Crippen molar-refractivity contribution in [2.45, 2.75) is 64.8 Å². The van der Waals surface area contributed by atoms with Gasteiger partial charge >= 0.3 is 6.09 Å². The van der Waals surface area contributed by atoms with E-state index in [0.717, 1.165) is 16.2 Å². The van der Waals surface area contributed by atoms with E-state index in [9.17, 15) is 9.59 Å². The molecule has 0 aliphatic heterocycles. The summed E-state index contributed by atoms with van der Waals surface area (Å²) < 4.78 is 5.36. The van der Waals surface area contributed by atoms with Crippen LogP contribution >= 0.6 is 22.7 Å². The number of amides is 2. The number of alkyl carbamates (subject to hydrolysis) is 1. The van der Waals surface area contributed by atoms with Crippen LogP contribution in [0, 0.1) is 6.92 Å². The van der Waals surface area contributed by atoms with E-state index in [-0.39, 0.29) is 5.91 Å². The number of unbranched alkanes of at least 4 members (excludes halogenated alkanes) is 1. The Kier molecular flexibility index (Phi) is 8.51. The second-order valence-corrected chi connectivity index (χ2v) is 9.61. The van der Waals surface area contributed by atoms with Crippen LogP contribution in [0.15, 0.2) is 35.0 Å². The van der Waals surface area contributed by atoms with Crippen LogP contribution < -0.4 is 5.32 Å². The molecular formula is C21H29N2O3S2. The Morgan fingerprint density at radius 3 is 2.14 bits per heavy atom. The Morgan fingerprint density at radius 2 is 1.71 bits per heavy atom. The first-order chi connectivity index (χ1) is 13.3. The quantitative estimate of drug-likeness (QED) is 0.603. The highest BCUT2D eigenvalue weighted by Gasteiger charge is 2.28. The van der Waals surface area contributed by atoms with Crippen molar-refractivity contribution >= 4 is 34.7 Å². The summed E-state index contributed by atoms with van der Waals surface area (Å²) in [5, 5.41) is 6.78. The number of hydrogen-bond acceptors (Lipinski definition) is 5. The fraction of sp³-hybridized carbons (Fsp3) is 0.476. The third kappa shape index (κ3) is 7.64. The predicted octanol–water partition coefficient (Wildman–Crippen LogP) is 5.24. The number of ether oxygens (including phenoxy) is 1. The number of carbonyl (C=O) groups excluding carboxylic acids is 2. The van der Waals surface area contributed by atoms with Gasteiger partial charge in [-0.1, -0.05) is 31.9 Å². The molecule has 28 heavy (non-hydrogen) atoms. The Balaban J connectivity index is 2.15. The predicted molar refractivity (Wildman–Crippen MR) is 115 cm³/mol. The minimum atomic E-state index is -0.628. The van der Waals surface area contributed by atoms with Crippen LogP contribution in [0.3, 0.4) is 0 Å². The van der Waals surface area contributed by atoms with Crippen molar-refractivity contribution in [2.24, 2.45) is 0 Å². The first-order valence-electron chi connectivity index (χ1n) is 9.41. The SMILES string of the molecule is [CH2]CCCC(NC(=O)OC(C)(C)C)C(=O)N(Cc1cccs1)Cc1cccs1. The van der Waals surface area contributed by atoms with Crippen molar-refractivity contribution in [1.29, 1.82) is 0 Å². The monoisotopic (exact) mass is 421 g/mol. The lowest BCUT2D eigenvalue weighted by molar-refractivity contribution is -0.134. The van der Waals surface area contributed by atoms with E-state index in [0.29, 0.717) is 25.9 Å². The molecule has 2 amide bonds.